The maximum Gasteiger partial charge on any atom is 0.155 e. The molecule has 2 aromatic rings. The summed E-state index contributed by atoms with van der Waals surface area (Å²) in [6, 6.07) is 3.67. The first-order valence-corrected chi connectivity index (χ1v) is 3.05. The third kappa shape index (κ3) is 0.673. The lowest BCUT2D eigenvalue weighted by Gasteiger charge is -1.91. The highest BCUT2D eigenvalue weighted by molar-refractivity contribution is 5.35. The minimum atomic E-state index is 0.847. The number of aryl methyl sites for hydroxylation is 1. The van der Waals surface area contributed by atoms with Crippen LogP contribution < -0.4 is 0 Å². The maximum atomic E-state index is 4.20. The lowest BCUT2D eigenvalue weighted by Crippen LogP contribution is -1.89. The third-order valence-corrected chi connectivity index (χ3v) is 1.34. The summed E-state index contributed by atoms with van der Waals surface area (Å²) < 4.78 is 1.69. The standard InChI is InChI=1S/C7H6N3/c1-6-3-5-10-7(9-6)2-4-8-10/h2-3,5H,1H3. The molecule has 49 valence electrons. The fourth-order valence-corrected chi connectivity index (χ4v) is 0.856. The molecule has 2 rings (SSSR count). The molecule has 3 nitrogen and oxygen atoms in total. The second-order valence-corrected chi connectivity index (χ2v) is 2.15. The summed E-state index contributed by atoms with van der Waals surface area (Å²) in [5.41, 5.74) is 1.85. The summed E-state index contributed by atoms with van der Waals surface area (Å²) in [6.07, 6.45) is 4.58. The first-order chi connectivity index (χ1) is 4.86. The quantitative estimate of drug-likeness (QED) is 0.531. The zero-order valence-corrected chi connectivity index (χ0v) is 5.57. The van der Waals surface area contributed by atoms with Crippen molar-refractivity contribution in [2.75, 3.05) is 0 Å². The van der Waals surface area contributed by atoms with Crippen molar-refractivity contribution in [3.05, 3.63) is 30.2 Å². The van der Waals surface area contributed by atoms with Crippen LogP contribution in [0.5, 0.6) is 0 Å². The largest absolute Gasteiger partial charge is 0.234 e. The van der Waals surface area contributed by atoms with Gasteiger partial charge in [0.05, 0.1) is 0 Å². The Hall–Kier alpha value is -1.38. The van der Waals surface area contributed by atoms with Crippen LogP contribution in [0.2, 0.25) is 0 Å². The predicted molar refractivity (Wildman–Crippen MR) is 36.6 cm³/mol. The summed E-state index contributed by atoms with van der Waals surface area (Å²) in [5.74, 6) is 0. The van der Waals surface area contributed by atoms with Crippen molar-refractivity contribution < 1.29 is 0 Å². The van der Waals surface area contributed by atoms with Gasteiger partial charge in [-0.15, -0.1) is 0 Å². The molecule has 0 aliphatic rings. The van der Waals surface area contributed by atoms with E-state index < -0.39 is 0 Å². The Kier molecular flexibility index (Phi) is 0.974. The molecule has 2 heterocycles. The second-order valence-electron chi connectivity index (χ2n) is 2.15. The molecule has 0 spiro atoms. The molecule has 0 saturated heterocycles. The van der Waals surface area contributed by atoms with Gasteiger partial charge in [0.1, 0.15) is 6.20 Å². The summed E-state index contributed by atoms with van der Waals surface area (Å²) >= 11 is 0. The molecule has 0 atom stereocenters. The van der Waals surface area contributed by atoms with Crippen molar-refractivity contribution >= 4 is 5.65 Å². The van der Waals surface area contributed by atoms with E-state index in [4.69, 9.17) is 0 Å². The number of hydrogen-bond donors (Lipinski definition) is 0. The van der Waals surface area contributed by atoms with Gasteiger partial charge in [-0.25, -0.2) is 9.50 Å². The fourth-order valence-electron chi connectivity index (χ4n) is 0.856. The molecule has 0 amide bonds. The molecule has 0 aromatic carbocycles. The lowest BCUT2D eigenvalue weighted by molar-refractivity contribution is 0.926. The van der Waals surface area contributed by atoms with Crippen LogP contribution in [0.25, 0.3) is 5.65 Å². The van der Waals surface area contributed by atoms with Crippen LogP contribution in [-0.4, -0.2) is 14.6 Å². The number of hydrogen-bond acceptors (Lipinski definition) is 2. The van der Waals surface area contributed by atoms with Crippen LogP contribution in [0.15, 0.2) is 18.3 Å². The van der Waals surface area contributed by atoms with Gasteiger partial charge in [0.25, 0.3) is 0 Å². The van der Waals surface area contributed by atoms with Gasteiger partial charge in [-0.05, 0) is 13.0 Å². The Bertz CT molecular complexity index is 350. The summed E-state index contributed by atoms with van der Waals surface area (Å²) in [4.78, 5) is 4.20. The van der Waals surface area contributed by atoms with Crippen molar-refractivity contribution in [3.63, 3.8) is 0 Å². The molecular weight excluding hydrogens is 126 g/mol. The minimum Gasteiger partial charge on any atom is -0.234 e. The molecule has 0 aliphatic carbocycles. The molecule has 1 radical (unpaired) electrons. The molecule has 0 unspecified atom stereocenters. The van der Waals surface area contributed by atoms with E-state index in [1.54, 1.807) is 10.6 Å². The maximum absolute atomic E-state index is 4.20. The van der Waals surface area contributed by atoms with E-state index in [0.717, 1.165) is 11.3 Å². The van der Waals surface area contributed by atoms with Crippen LogP contribution in [0.3, 0.4) is 0 Å². The Morgan fingerprint density at radius 3 is 3.40 bits per heavy atom. The van der Waals surface area contributed by atoms with Crippen molar-refractivity contribution in [2.24, 2.45) is 0 Å². The molecule has 10 heavy (non-hydrogen) atoms. The number of nitrogens with zero attached hydrogens (tertiary/aromatic N) is 3. The zero-order chi connectivity index (χ0) is 6.97. The van der Waals surface area contributed by atoms with Crippen molar-refractivity contribution in [2.45, 2.75) is 6.92 Å². The number of rotatable bonds is 0. The highest BCUT2D eigenvalue weighted by Gasteiger charge is 1.92. The summed E-state index contributed by atoms with van der Waals surface area (Å²) in [7, 11) is 0. The second kappa shape index (κ2) is 1.80. The van der Waals surface area contributed by atoms with Crippen LogP contribution in [0.1, 0.15) is 5.69 Å². The van der Waals surface area contributed by atoms with E-state index in [1.165, 1.54) is 0 Å². The minimum absolute atomic E-state index is 0.847. The average molecular weight is 132 g/mol. The van der Waals surface area contributed by atoms with Gasteiger partial charge in [-0.1, -0.05) is 0 Å². The van der Waals surface area contributed by atoms with Crippen LogP contribution in [0.4, 0.5) is 0 Å². The normalized spacial score (nSPS) is 10.5. The fraction of sp³-hybridized carbons (Fsp3) is 0.143. The smallest absolute Gasteiger partial charge is 0.155 e. The van der Waals surface area contributed by atoms with E-state index in [1.807, 2.05) is 19.2 Å². The topological polar surface area (TPSA) is 30.2 Å². The summed E-state index contributed by atoms with van der Waals surface area (Å²) in [6.45, 7) is 1.95. The average Bonchev–Trinajstić information content (AvgIpc) is 2.33. The van der Waals surface area contributed by atoms with E-state index >= 15 is 0 Å². The van der Waals surface area contributed by atoms with E-state index in [0.29, 0.717) is 0 Å². The lowest BCUT2D eigenvalue weighted by atomic mass is 10.4. The van der Waals surface area contributed by atoms with Crippen LogP contribution in [-0.2, 0) is 0 Å². The molecule has 0 aliphatic heterocycles. The van der Waals surface area contributed by atoms with E-state index in [-0.39, 0.29) is 0 Å². The van der Waals surface area contributed by atoms with Crippen molar-refractivity contribution in [3.8, 4) is 0 Å². The Labute approximate surface area is 58.3 Å². The van der Waals surface area contributed by atoms with Crippen LogP contribution >= 0.6 is 0 Å². The van der Waals surface area contributed by atoms with E-state index in [2.05, 4.69) is 16.3 Å². The first-order valence-electron chi connectivity index (χ1n) is 3.05. The van der Waals surface area contributed by atoms with Crippen molar-refractivity contribution in [1.82, 2.24) is 14.6 Å². The Morgan fingerprint density at radius 2 is 2.50 bits per heavy atom. The SMILES string of the molecule is Cc1ccn2n[c]cc2n1. The van der Waals surface area contributed by atoms with Gasteiger partial charge < -0.3 is 0 Å². The molecule has 3 heteroatoms. The highest BCUT2D eigenvalue weighted by Crippen LogP contribution is 1.97. The van der Waals surface area contributed by atoms with Gasteiger partial charge >= 0.3 is 0 Å². The monoisotopic (exact) mass is 132 g/mol. The van der Waals surface area contributed by atoms with Gasteiger partial charge in [0.2, 0.25) is 0 Å². The Morgan fingerprint density at radius 1 is 1.60 bits per heavy atom. The molecule has 0 saturated carbocycles. The van der Waals surface area contributed by atoms with Crippen LogP contribution in [0, 0.1) is 13.1 Å². The molecule has 2 aromatic heterocycles. The highest BCUT2D eigenvalue weighted by atomic mass is 15.2. The van der Waals surface area contributed by atoms with Crippen molar-refractivity contribution in [1.29, 1.82) is 0 Å². The predicted octanol–water partition coefficient (Wildman–Crippen LogP) is 0.838. The Balaban J connectivity index is 2.86. The molecule has 0 bridgehead atoms. The van der Waals surface area contributed by atoms with Gasteiger partial charge in [0, 0.05) is 18.0 Å². The zero-order valence-electron chi connectivity index (χ0n) is 5.57. The van der Waals surface area contributed by atoms with E-state index in [9.17, 15) is 0 Å². The van der Waals surface area contributed by atoms with Gasteiger partial charge in [0.15, 0.2) is 5.65 Å². The molecule has 0 fully saturated rings. The molecule has 0 N–H and O–H groups in total. The first kappa shape index (κ1) is 5.41. The van der Waals surface area contributed by atoms with Gasteiger partial charge in [-0.3, -0.25) is 0 Å². The summed E-state index contributed by atoms with van der Waals surface area (Å²) in [5, 5.41) is 3.89. The third-order valence-electron chi connectivity index (χ3n) is 1.34. The molecular formula is C7H6N3. The van der Waals surface area contributed by atoms with Gasteiger partial charge in [-0.2, -0.15) is 5.10 Å². The number of aromatic nitrogens is 3. The number of fused-ring (bicyclic) bond motifs is 1.